The quantitative estimate of drug-likeness (QED) is 0.651. The number of rotatable bonds is 4. The molecule has 1 fully saturated rings. The van der Waals surface area contributed by atoms with E-state index in [-0.39, 0.29) is 17.7 Å². The Morgan fingerprint density at radius 2 is 1.95 bits per heavy atom. The van der Waals surface area contributed by atoms with Crippen LogP contribution in [0.3, 0.4) is 0 Å². The van der Waals surface area contributed by atoms with Crippen LogP contribution in [0.4, 0.5) is 0 Å². The van der Waals surface area contributed by atoms with Gasteiger partial charge in [0.05, 0.1) is 18.2 Å². The minimum atomic E-state index is -0.645. The first kappa shape index (κ1) is 14.8. The number of hydrogen-bond acceptors (Lipinski definition) is 4. The van der Waals surface area contributed by atoms with E-state index in [0.717, 1.165) is 31.2 Å². The molecule has 0 unspecified atom stereocenters. The van der Waals surface area contributed by atoms with Crippen molar-refractivity contribution in [2.75, 3.05) is 0 Å². The predicted octanol–water partition coefficient (Wildman–Crippen LogP) is 0.682. The molecule has 1 aliphatic carbocycles. The summed E-state index contributed by atoms with van der Waals surface area (Å²) in [4.78, 5) is 12.0. The lowest BCUT2D eigenvalue weighted by molar-refractivity contribution is -0.124. The Bertz CT molecular complexity index is 447. The van der Waals surface area contributed by atoms with Crippen molar-refractivity contribution in [3.63, 3.8) is 0 Å². The number of aromatic hydroxyl groups is 1. The monoisotopic (exact) mass is 278 g/mol. The standard InChI is InChI=1S/C15H22N2O3/c16-12(9-10-5-7-11(18)8-6-10)15(20)17-13-3-1-2-4-14(13)19/h5-8,12-14,18-19H,1-4,9,16H2,(H,17,20)/t12-,13+,14+/m0/s1. The van der Waals surface area contributed by atoms with E-state index in [4.69, 9.17) is 5.73 Å². The molecule has 1 amide bonds. The van der Waals surface area contributed by atoms with Gasteiger partial charge in [0.2, 0.25) is 5.91 Å². The maximum atomic E-state index is 12.0. The van der Waals surface area contributed by atoms with E-state index >= 15 is 0 Å². The SMILES string of the molecule is N[C@@H](Cc1ccc(O)cc1)C(=O)N[C@@H]1CCCC[C@H]1O. The minimum absolute atomic E-state index is 0.179. The summed E-state index contributed by atoms with van der Waals surface area (Å²) >= 11 is 0. The van der Waals surface area contributed by atoms with Gasteiger partial charge in [0.1, 0.15) is 5.75 Å². The highest BCUT2D eigenvalue weighted by Crippen LogP contribution is 2.18. The minimum Gasteiger partial charge on any atom is -0.508 e. The number of aliphatic hydroxyl groups excluding tert-OH is 1. The van der Waals surface area contributed by atoms with Crippen LogP contribution in [0.15, 0.2) is 24.3 Å². The Kier molecular flexibility index (Phi) is 4.98. The second-order valence-electron chi connectivity index (χ2n) is 5.44. The maximum Gasteiger partial charge on any atom is 0.237 e. The van der Waals surface area contributed by atoms with Crippen molar-refractivity contribution in [2.45, 2.75) is 50.3 Å². The van der Waals surface area contributed by atoms with E-state index in [0.29, 0.717) is 6.42 Å². The molecule has 0 bridgehead atoms. The first-order valence-corrected chi connectivity index (χ1v) is 7.08. The number of phenols is 1. The highest BCUT2D eigenvalue weighted by atomic mass is 16.3. The number of amides is 1. The van der Waals surface area contributed by atoms with Gasteiger partial charge in [-0.15, -0.1) is 0 Å². The topological polar surface area (TPSA) is 95.6 Å². The van der Waals surface area contributed by atoms with Gasteiger partial charge in [-0.25, -0.2) is 0 Å². The molecule has 1 aromatic carbocycles. The number of nitrogens with two attached hydrogens (primary N) is 1. The predicted molar refractivity (Wildman–Crippen MR) is 76.2 cm³/mol. The van der Waals surface area contributed by atoms with Gasteiger partial charge in [0.15, 0.2) is 0 Å². The van der Waals surface area contributed by atoms with Gasteiger partial charge in [0.25, 0.3) is 0 Å². The van der Waals surface area contributed by atoms with Crippen LogP contribution in [0.1, 0.15) is 31.2 Å². The van der Waals surface area contributed by atoms with Crippen molar-refractivity contribution in [3.05, 3.63) is 29.8 Å². The smallest absolute Gasteiger partial charge is 0.237 e. The first-order valence-electron chi connectivity index (χ1n) is 7.08. The van der Waals surface area contributed by atoms with Gasteiger partial charge in [-0.3, -0.25) is 4.79 Å². The molecular weight excluding hydrogens is 256 g/mol. The molecule has 0 heterocycles. The highest BCUT2D eigenvalue weighted by Gasteiger charge is 2.26. The van der Waals surface area contributed by atoms with Crippen molar-refractivity contribution in [1.29, 1.82) is 0 Å². The van der Waals surface area contributed by atoms with Gasteiger partial charge in [0, 0.05) is 0 Å². The van der Waals surface area contributed by atoms with Crippen LogP contribution in [-0.4, -0.2) is 34.3 Å². The van der Waals surface area contributed by atoms with Crippen LogP contribution in [-0.2, 0) is 11.2 Å². The molecule has 1 aromatic rings. The molecule has 0 aliphatic heterocycles. The number of hydrogen-bond donors (Lipinski definition) is 4. The fraction of sp³-hybridized carbons (Fsp3) is 0.533. The molecule has 1 saturated carbocycles. The van der Waals surface area contributed by atoms with Gasteiger partial charge in [-0.05, 0) is 37.0 Å². The van der Waals surface area contributed by atoms with Gasteiger partial charge < -0.3 is 21.3 Å². The summed E-state index contributed by atoms with van der Waals surface area (Å²) in [5, 5.41) is 21.9. The Hall–Kier alpha value is -1.59. The van der Waals surface area contributed by atoms with Crippen LogP contribution in [0.5, 0.6) is 5.75 Å². The lowest BCUT2D eigenvalue weighted by atomic mass is 9.92. The number of benzene rings is 1. The van der Waals surface area contributed by atoms with Crippen molar-refractivity contribution in [2.24, 2.45) is 5.73 Å². The fourth-order valence-corrected chi connectivity index (χ4v) is 2.55. The third-order valence-corrected chi connectivity index (χ3v) is 3.79. The Morgan fingerprint density at radius 1 is 1.30 bits per heavy atom. The normalized spacial score (nSPS) is 24.1. The summed E-state index contributed by atoms with van der Waals surface area (Å²) in [5.74, 6) is -0.0406. The number of aliphatic hydroxyl groups is 1. The summed E-state index contributed by atoms with van der Waals surface area (Å²) in [7, 11) is 0. The van der Waals surface area contributed by atoms with E-state index < -0.39 is 12.1 Å². The number of carbonyl (C=O) groups excluding carboxylic acids is 1. The average molecular weight is 278 g/mol. The van der Waals surface area contributed by atoms with Gasteiger partial charge in [-0.1, -0.05) is 25.0 Å². The first-order chi connectivity index (χ1) is 9.56. The van der Waals surface area contributed by atoms with Crippen LogP contribution in [0.25, 0.3) is 0 Å². The van der Waals surface area contributed by atoms with Crippen LogP contribution >= 0.6 is 0 Å². The molecule has 5 heteroatoms. The average Bonchev–Trinajstić information content (AvgIpc) is 2.44. The Labute approximate surface area is 118 Å². The molecule has 0 saturated heterocycles. The van der Waals surface area contributed by atoms with Crippen LogP contribution in [0, 0.1) is 0 Å². The van der Waals surface area contributed by atoms with Crippen molar-refractivity contribution < 1.29 is 15.0 Å². The second kappa shape index (κ2) is 6.72. The van der Waals surface area contributed by atoms with Crippen LogP contribution in [0.2, 0.25) is 0 Å². The lowest BCUT2D eigenvalue weighted by Crippen LogP contribution is -2.51. The molecule has 0 radical (unpaired) electrons. The van der Waals surface area contributed by atoms with E-state index in [9.17, 15) is 15.0 Å². The molecule has 2 rings (SSSR count). The van der Waals surface area contributed by atoms with Crippen molar-refractivity contribution >= 4 is 5.91 Å². The lowest BCUT2D eigenvalue weighted by Gasteiger charge is -2.29. The fourth-order valence-electron chi connectivity index (χ4n) is 2.55. The van der Waals surface area contributed by atoms with Crippen LogP contribution < -0.4 is 11.1 Å². The van der Waals surface area contributed by atoms with E-state index in [2.05, 4.69) is 5.32 Å². The van der Waals surface area contributed by atoms with Crippen molar-refractivity contribution in [1.82, 2.24) is 5.32 Å². The third-order valence-electron chi connectivity index (χ3n) is 3.79. The zero-order valence-electron chi connectivity index (χ0n) is 11.5. The molecule has 1 aliphatic rings. The van der Waals surface area contributed by atoms with E-state index in [1.54, 1.807) is 24.3 Å². The number of carbonyl (C=O) groups is 1. The Morgan fingerprint density at radius 3 is 2.60 bits per heavy atom. The molecule has 20 heavy (non-hydrogen) atoms. The molecule has 110 valence electrons. The summed E-state index contributed by atoms with van der Waals surface area (Å²) < 4.78 is 0. The largest absolute Gasteiger partial charge is 0.508 e. The van der Waals surface area contributed by atoms with Gasteiger partial charge >= 0.3 is 0 Å². The van der Waals surface area contributed by atoms with E-state index in [1.807, 2.05) is 0 Å². The molecule has 0 spiro atoms. The van der Waals surface area contributed by atoms with Gasteiger partial charge in [-0.2, -0.15) is 0 Å². The zero-order valence-corrected chi connectivity index (χ0v) is 11.5. The highest BCUT2D eigenvalue weighted by molar-refractivity contribution is 5.82. The zero-order chi connectivity index (χ0) is 14.5. The molecule has 3 atom stereocenters. The maximum absolute atomic E-state index is 12.0. The summed E-state index contributed by atoms with van der Waals surface area (Å²) in [6.07, 6.45) is 3.52. The molecule has 5 N–H and O–H groups in total. The Balaban J connectivity index is 1.86. The molecule has 5 nitrogen and oxygen atoms in total. The van der Waals surface area contributed by atoms with Crippen molar-refractivity contribution in [3.8, 4) is 5.75 Å². The molecular formula is C15H22N2O3. The van der Waals surface area contributed by atoms with E-state index in [1.165, 1.54) is 0 Å². The summed E-state index contributed by atoms with van der Waals surface area (Å²) in [6, 6.07) is 5.82. The number of nitrogens with one attached hydrogen (secondary N) is 1. The number of phenolic OH excluding ortho intramolecular Hbond substituents is 1. The summed E-state index contributed by atoms with van der Waals surface area (Å²) in [6.45, 7) is 0. The molecule has 0 aromatic heterocycles. The second-order valence-corrected chi connectivity index (χ2v) is 5.44. The summed E-state index contributed by atoms with van der Waals surface area (Å²) in [5.41, 5.74) is 6.79. The third kappa shape index (κ3) is 3.95.